The quantitative estimate of drug-likeness (QED) is 0.688. The van der Waals surface area contributed by atoms with Crippen LogP contribution >= 0.6 is 0 Å². The van der Waals surface area contributed by atoms with Gasteiger partial charge >= 0.3 is 0 Å². The van der Waals surface area contributed by atoms with Crippen LogP contribution in [0, 0.1) is 0 Å². The summed E-state index contributed by atoms with van der Waals surface area (Å²) in [6.45, 7) is 0. The molecular formula is C18H14N2O2S. The van der Waals surface area contributed by atoms with Gasteiger partial charge in [0.1, 0.15) is 4.90 Å². The molecule has 1 aromatic heterocycles. The van der Waals surface area contributed by atoms with E-state index >= 15 is 0 Å². The molecule has 0 saturated heterocycles. The predicted octanol–water partition coefficient (Wildman–Crippen LogP) is 3.71. The molecule has 2 aromatic carbocycles. The van der Waals surface area contributed by atoms with E-state index in [2.05, 4.69) is 9.38 Å². The second-order valence-corrected chi connectivity index (χ2v) is 6.43. The molecule has 0 N–H and O–H groups in total. The Labute approximate surface area is 134 Å². The number of allylic oxidation sites excluding steroid dienone is 1. The van der Waals surface area contributed by atoms with Crippen LogP contribution in [0.3, 0.4) is 0 Å². The third-order valence-electron chi connectivity index (χ3n) is 3.25. The molecule has 0 fully saturated rings. The summed E-state index contributed by atoms with van der Waals surface area (Å²) in [6, 6.07) is 18.2. The zero-order valence-corrected chi connectivity index (χ0v) is 13.0. The molecule has 114 valence electrons. The van der Waals surface area contributed by atoms with Crippen molar-refractivity contribution in [3.8, 4) is 0 Å². The highest BCUT2D eigenvalue weighted by molar-refractivity contribution is 7.90. The first-order chi connectivity index (χ1) is 11.2. The van der Waals surface area contributed by atoms with Crippen molar-refractivity contribution < 1.29 is 8.42 Å². The summed E-state index contributed by atoms with van der Waals surface area (Å²) in [6.07, 6.45) is 6.25. The van der Waals surface area contributed by atoms with Crippen LogP contribution in [0.4, 0.5) is 0 Å². The Kier molecular flexibility index (Phi) is 4.30. The van der Waals surface area contributed by atoms with Gasteiger partial charge in [-0.05, 0) is 23.8 Å². The topological polar surface area (TPSA) is 59.4 Å². The van der Waals surface area contributed by atoms with Crippen LogP contribution < -0.4 is 0 Å². The van der Waals surface area contributed by atoms with Gasteiger partial charge < -0.3 is 0 Å². The van der Waals surface area contributed by atoms with E-state index in [9.17, 15) is 8.42 Å². The highest BCUT2D eigenvalue weighted by atomic mass is 32.2. The zero-order chi connectivity index (χ0) is 16.1. The van der Waals surface area contributed by atoms with E-state index in [0.29, 0.717) is 5.52 Å². The number of rotatable bonds is 4. The van der Waals surface area contributed by atoms with Gasteiger partial charge in [-0.3, -0.25) is 4.98 Å². The van der Waals surface area contributed by atoms with E-state index in [1.54, 1.807) is 30.5 Å². The van der Waals surface area contributed by atoms with Crippen LogP contribution in [0.5, 0.6) is 0 Å². The molecule has 0 aliphatic rings. The number of fused-ring (bicyclic) bond motifs is 1. The highest BCUT2D eigenvalue weighted by Crippen LogP contribution is 2.22. The Morgan fingerprint density at radius 2 is 1.70 bits per heavy atom. The van der Waals surface area contributed by atoms with Crippen molar-refractivity contribution in [2.24, 2.45) is 4.40 Å². The van der Waals surface area contributed by atoms with Gasteiger partial charge in [0.2, 0.25) is 0 Å². The largest absolute Gasteiger partial charge is 0.284 e. The van der Waals surface area contributed by atoms with Crippen molar-refractivity contribution in [2.75, 3.05) is 0 Å². The Morgan fingerprint density at radius 1 is 0.913 bits per heavy atom. The van der Waals surface area contributed by atoms with Gasteiger partial charge in [0.05, 0.1) is 5.52 Å². The molecule has 0 aliphatic carbocycles. The van der Waals surface area contributed by atoms with Crippen LogP contribution in [0.2, 0.25) is 0 Å². The molecule has 3 rings (SSSR count). The fourth-order valence-electron chi connectivity index (χ4n) is 2.17. The number of benzene rings is 2. The number of pyridine rings is 1. The molecule has 0 atom stereocenters. The standard InChI is InChI=1S/C18H14N2O2S/c21-23(22,20-14-5-9-15-7-2-1-3-8-15)17-12-4-10-16-11-6-13-19-18(16)17/h1-14H/b9-5+,20-14+. The first-order valence-corrected chi connectivity index (χ1v) is 8.47. The van der Waals surface area contributed by atoms with Crippen molar-refractivity contribution in [2.45, 2.75) is 4.90 Å². The maximum atomic E-state index is 12.4. The molecule has 0 amide bonds. The van der Waals surface area contributed by atoms with Crippen LogP contribution in [0.25, 0.3) is 17.0 Å². The lowest BCUT2D eigenvalue weighted by Crippen LogP contribution is -1.99. The lowest BCUT2D eigenvalue weighted by Gasteiger charge is -2.02. The minimum atomic E-state index is -3.79. The van der Waals surface area contributed by atoms with E-state index in [-0.39, 0.29) is 4.90 Å². The second-order valence-electron chi connectivity index (χ2n) is 4.83. The average Bonchev–Trinajstić information content (AvgIpc) is 2.59. The lowest BCUT2D eigenvalue weighted by molar-refractivity contribution is 0.599. The number of hydrogen-bond acceptors (Lipinski definition) is 3. The van der Waals surface area contributed by atoms with Crippen LogP contribution in [0.15, 0.2) is 82.2 Å². The normalized spacial score (nSPS) is 12.3. The Balaban J connectivity index is 1.89. The monoisotopic (exact) mass is 322 g/mol. The third-order valence-corrected chi connectivity index (χ3v) is 4.53. The fourth-order valence-corrected chi connectivity index (χ4v) is 3.18. The molecule has 0 bridgehead atoms. The summed E-state index contributed by atoms with van der Waals surface area (Å²) in [5.41, 5.74) is 1.40. The van der Waals surface area contributed by atoms with Gasteiger partial charge in [0.15, 0.2) is 0 Å². The average molecular weight is 322 g/mol. The zero-order valence-electron chi connectivity index (χ0n) is 12.2. The van der Waals surface area contributed by atoms with Crippen molar-refractivity contribution >= 4 is 33.2 Å². The molecular weight excluding hydrogens is 308 g/mol. The predicted molar refractivity (Wildman–Crippen MR) is 92.9 cm³/mol. The highest BCUT2D eigenvalue weighted by Gasteiger charge is 2.15. The maximum Gasteiger partial charge on any atom is 0.284 e. The molecule has 0 spiro atoms. The van der Waals surface area contributed by atoms with Crippen molar-refractivity contribution in [1.82, 2.24) is 4.98 Å². The van der Waals surface area contributed by atoms with Crippen molar-refractivity contribution in [1.29, 1.82) is 0 Å². The molecule has 0 saturated carbocycles. The first kappa shape index (κ1) is 15.1. The fraction of sp³-hybridized carbons (Fsp3) is 0. The number of nitrogens with zero attached hydrogens (tertiary/aromatic N) is 2. The van der Waals surface area contributed by atoms with Crippen LogP contribution in [-0.2, 0) is 10.0 Å². The van der Waals surface area contributed by atoms with Gasteiger partial charge in [0, 0.05) is 17.8 Å². The Hall–Kier alpha value is -2.79. The SMILES string of the molecule is O=S(=O)(/N=C/C=C/c1ccccc1)c1cccc2cccnc12. The molecule has 0 radical (unpaired) electrons. The van der Waals surface area contributed by atoms with Gasteiger partial charge in [0.25, 0.3) is 10.0 Å². The summed E-state index contributed by atoms with van der Waals surface area (Å²) >= 11 is 0. The molecule has 0 aliphatic heterocycles. The Bertz CT molecular complexity index is 973. The molecule has 23 heavy (non-hydrogen) atoms. The number of hydrogen-bond donors (Lipinski definition) is 0. The minimum Gasteiger partial charge on any atom is -0.255 e. The van der Waals surface area contributed by atoms with Crippen LogP contribution in [0.1, 0.15) is 5.56 Å². The van der Waals surface area contributed by atoms with Crippen molar-refractivity contribution in [3.63, 3.8) is 0 Å². The molecule has 0 unspecified atom stereocenters. The lowest BCUT2D eigenvalue weighted by atomic mass is 10.2. The summed E-state index contributed by atoms with van der Waals surface area (Å²) in [5.74, 6) is 0. The Morgan fingerprint density at radius 3 is 2.52 bits per heavy atom. The third kappa shape index (κ3) is 3.52. The van der Waals surface area contributed by atoms with Gasteiger partial charge in [-0.15, -0.1) is 0 Å². The van der Waals surface area contributed by atoms with E-state index in [1.165, 1.54) is 12.3 Å². The number of sulfonamides is 1. The van der Waals surface area contributed by atoms with E-state index in [1.807, 2.05) is 42.5 Å². The van der Waals surface area contributed by atoms with E-state index in [0.717, 1.165) is 10.9 Å². The number of para-hydroxylation sites is 1. The van der Waals surface area contributed by atoms with Crippen LogP contribution in [-0.4, -0.2) is 19.6 Å². The first-order valence-electron chi connectivity index (χ1n) is 7.03. The molecule has 1 heterocycles. The van der Waals surface area contributed by atoms with E-state index < -0.39 is 10.0 Å². The van der Waals surface area contributed by atoms with Crippen molar-refractivity contribution in [3.05, 3.63) is 78.5 Å². The van der Waals surface area contributed by atoms with Gasteiger partial charge in [-0.1, -0.05) is 54.6 Å². The van der Waals surface area contributed by atoms with Gasteiger partial charge in [-0.25, -0.2) is 0 Å². The summed E-state index contributed by atoms with van der Waals surface area (Å²) < 4.78 is 28.5. The smallest absolute Gasteiger partial charge is 0.255 e. The van der Waals surface area contributed by atoms with E-state index in [4.69, 9.17) is 0 Å². The van der Waals surface area contributed by atoms with Gasteiger partial charge in [-0.2, -0.15) is 12.8 Å². The summed E-state index contributed by atoms with van der Waals surface area (Å²) in [7, 11) is -3.79. The summed E-state index contributed by atoms with van der Waals surface area (Å²) in [4.78, 5) is 4.26. The molecule has 3 aromatic rings. The summed E-state index contributed by atoms with van der Waals surface area (Å²) in [5, 5.41) is 0.767. The minimum absolute atomic E-state index is 0.111. The maximum absolute atomic E-state index is 12.4. The second kappa shape index (κ2) is 6.54. The molecule has 4 nitrogen and oxygen atoms in total. The number of aromatic nitrogens is 1. The molecule has 5 heteroatoms.